The number of thiazole rings is 1. The van der Waals surface area contributed by atoms with E-state index in [9.17, 15) is 29.3 Å². The fraction of sp³-hybridized carbons (Fsp3) is 0.360. The van der Waals surface area contributed by atoms with Gasteiger partial charge in [-0.3, -0.25) is 33.9 Å². The molecule has 6 rings (SSSR count). The van der Waals surface area contributed by atoms with Crippen LogP contribution in [0.15, 0.2) is 51.6 Å². The molecule has 3 aliphatic rings. The smallest absolute Gasteiger partial charge is 0.308 e. The molecule has 38 heavy (non-hydrogen) atoms. The van der Waals surface area contributed by atoms with Crippen molar-refractivity contribution in [1.29, 1.82) is 0 Å². The number of hydrogen-bond acceptors (Lipinski definition) is 9. The number of anilines is 1. The highest BCUT2D eigenvalue weighted by molar-refractivity contribution is 8.00. The number of carbonyl (C=O) groups is 3. The minimum Gasteiger partial charge on any atom is -0.341 e. The van der Waals surface area contributed by atoms with Crippen molar-refractivity contribution in [2.24, 2.45) is 5.92 Å². The van der Waals surface area contributed by atoms with E-state index in [1.54, 1.807) is 4.90 Å². The van der Waals surface area contributed by atoms with Crippen molar-refractivity contribution in [3.05, 3.63) is 71.3 Å². The second-order valence-corrected chi connectivity index (χ2v) is 12.5. The third-order valence-corrected chi connectivity index (χ3v) is 10.8. The summed E-state index contributed by atoms with van der Waals surface area (Å²) in [6.07, 6.45) is 2.97. The molecule has 0 unspecified atom stereocenters. The molecule has 196 valence electrons. The molecule has 0 radical (unpaired) electrons. The molecular formula is C25H22N4O6S3. The Morgan fingerprint density at radius 2 is 1.76 bits per heavy atom. The molecule has 3 aliphatic heterocycles. The Morgan fingerprint density at radius 1 is 1.03 bits per heavy atom. The quantitative estimate of drug-likeness (QED) is 0.260. The number of aromatic nitrogens is 1. The van der Waals surface area contributed by atoms with Crippen LogP contribution in [0.3, 0.4) is 0 Å². The number of non-ortho nitro benzene ring substituents is 1. The molecule has 0 aliphatic carbocycles. The summed E-state index contributed by atoms with van der Waals surface area (Å²) in [5.41, 5.74) is 0.132. The molecule has 13 heteroatoms. The first-order valence-electron chi connectivity index (χ1n) is 12.2. The number of nitro groups is 1. The molecule has 2 aromatic heterocycles. The maximum atomic E-state index is 13.8. The lowest BCUT2D eigenvalue weighted by molar-refractivity contribution is -0.384. The molecule has 2 saturated heterocycles. The summed E-state index contributed by atoms with van der Waals surface area (Å²) in [6.45, 7) is 1.25. The summed E-state index contributed by atoms with van der Waals surface area (Å²) in [7, 11) is 0. The minimum absolute atomic E-state index is 0.0968. The van der Waals surface area contributed by atoms with E-state index in [4.69, 9.17) is 0 Å². The SMILES string of the molecule is O=C(Cn1c2c(sc1=O)[C@@H](c1cccs1)[C@@H]1C(=O)N(c3ccc([N+](=O)[O-])cc3)C(=O)[C@@H]1S2)N1CCCCC1. The number of carbonyl (C=O) groups excluding carboxylic acids is 3. The zero-order valence-electron chi connectivity index (χ0n) is 20.0. The molecule has 0 bridgehead atoms. The van der Waals surface area contributed by atoms with Crippen LogP contribution in [0.5, 0.6) is 0 Å². The van der Waals surface area contributed by atoms with Crippen LogP contribution in [-0.2, 0) is 20.9 Å². The maximum Gasteiger partial charge on any atom is 0.308 e. The van der Waals surface area contributed by atoms with Crippen LogP contribution in [0.2, 0.25) is 0 Å². The number of piperidine rings is 1. The summed E-state index contributed by atoms with van der Waals surface area (Å²) < 4.78 is 1.46. The normalized spacial score (nSPS) is 22.9. The van der Waals surface area contributed by atoms with Crippen molar-refractivity contribution in [3.63, 3.8) is 0 Å². The van der Waals surface area contributed by atoms with Gasteiger partial charge in [0.1, 0.15) is 11.8 Å². The number of thioether (sulfide) groups is 1. The standard InChI is InChI=1S/C25H22N4O6S3/c30-17(26-10-2-1-3-11-26)13-27-24-21(38-25(27)33)18(16-5-4-12-36-16)19-20(37-24)23(32)28(22(19)31)14-6-8-15(9-7-14)29(34)35/h4-9,12,18-20H,1-3,10-11,13H2/t18-,19-,20+/m0/s1. The predicted molar refractivity (Wildman–Crippen MR) is 144 cm³/mol. The number of likely N-dealkylation sites (tertiary alicyclic amines) is 1. The van der Waals surface area contributed by atoms with Crippen molar-refractivity contribution in [3.8, 4) is 0 Å². The third-order valence-electron chi connectivity index (χ3n) is 7.22. The fourth-order valence-electron chi connectivity index (χ4n) is 5.39. The molecule has 3 aromatic rings. The third kappa shape index (κ3) is 4.09. The summed E-state index contributed by atoms with van der Waals surface area (Å²) in [5.74, 6) is -2.19. The molecule has 0 spiro atoms. The Labute approximate surface area is 229 Å². The Morgan fingerprint density at radius 3 is 2.42 bits per heavy atom. The van der Waals surface area contributed by atoms with E-state index < -0.39 is 33.8 Å². The van der Waals surface area contributed by atoms with Gasteiger partial charge in [-0.15, -0.1) is 11.3 Å². The number of fused-ring (bicyclic) bond motifs is 2. The van der Waals surface area contributed by atoms with Gasteiger partial charge in [-0.2, -0.15) is 0 Å². The lowest BCUT2D eigenvalue weighted by Gasteiger charge is -2.30. The Balaban J connectivity index is 1.39. The van der Waals surface area contributed by atoms with E-state index in [0.717, 1.165) is 40.4 Å². The van der Waals surface area contributed by atoms with Gasteiger partial charge in [0.05, 0.1) is 21.6 Å². The van der Waals surface area contributed by atoms with E-state index in [1.807, 2.05) is 17.5 Å². The average molecular weight is 571 g/mol. The van der Waals surface area contributed by atoms with Gasteiger partial charge in [0.15, 0.2) is 0 Å². The van der Waals surface area contributed by atoms with Crippen molar-refractivity contribution in [2.75, 3.05) is 18.0 Å². The Bertz CT molecular complexity index is 1490. The van der Waals surface area contributed by atoms with E-state index in [0.29, 0.717) is 23.0 Å². The van der Waals surface area contributed by atoms with E-state index in [2.05, 4.69) is 0 Å². The van der Waals surface area contributed by atoms with Gasteiger partial charge in [0.25, 0.3) is 5.69 Å². The van der Waals surface area contributed by atoms with Gasteiger partial charge in [0, 0.05) is 40.9 Å². The molecule has 3 amide bonds. The first kappa shape index (κ1) is 25.0. The van der Waals surface area contributed by atoms with Crippen molar-refractivity contribution < 1.29 is 19.3 Å². The first-order valence-corrected chi connectivity index (χ1v) is 14.8. The summed E-state index contributed by atoms with van der Waals surface area (Å²) >= 11 is 3.65. The van der Waals surface area contributed by atoms with Crippen LogP contribution in [0.1, 0.15) is 34.9 Å². The molecule has 0 saturated carbocycles. The van der Waals surface area contributed by atoms with Gasteiger partial charge < -0.3 is 4.90 Å². The van der Waals surface area contributed by atoms with Crippen molar-refractivity contribution in [1.82, 2.24) is 9.47 Å². The van der Waals surface area contributed by atoms with Crippen molar-refractivity contribution >= 4 is 63.5 Å². The zero-order valence-corrected chi connectivity index (χ0v) is 22.4. The van der Waals surface area contributed by atoms with Gasteiger partial charge in [-0.1, -0.05) is 29.2 Å². The second kappa shape index (κ2) is 9.79. The number of benzene rings is 1. The first-order chi connectivity index (χ1) is 18.3. The van der Waals surface area contributed by atoms with E-state index >= 15 is 0 Å². The van der Waals surface area contributed by atoms with Gasteiger partial charge in [0.2, 0.25) is 17.7 Å². The highest BCUT2D eigenvalue weighted by atomic mass is 32.2. The number of nitrogens with zero attached hydrogens (tertiary/aromatic N) is 4. The minimum atomic E-state index is -0.789. The Kier molecular flexibility index (Phi) is 6.44. The monoisotopic (exact) mass is 570 g/mol. The summed E-state index contributed by atoms with van der Waals surface area (Å²) in [4.78, 5) is 68.4. The number of imide groups is 1. The maximum absolute atomic E-state index is 13.8. The average Bonchev–Trinajstić information content (AvgIpc) is 3.62. The fourth-order valence-corrected chi connectivity index (χ4v) is 9.11. The number of thiophene rings is 1. The zero-order chi connectivity index (χ0) is 26.6. The van der Waals surface area contributed by atoms with Crippen LogP contribution >= 0.6 is 34.4 Å². The number of rotatable bonds is 5. The lowest BCUT2D eigenvalue weighted by atomic mass is 9.87. The van der Waals surface area contributed by atoms with Crippen molar-refractivity contribution in [2.45, 2.75) is 42.0 Å². The molecule has 3 atom stereocenters. The van der Waals surface area contributed by atoms with Gasteiger partial charge >= 0.3 is 4.87 Å². The van der Waals surface area contributed by atoms with E-state index in [-0.39, 0.29) is 28.7 Å². The molecule has 10 nitrogen and oxygen atoms in total. The van der Waals surface area contributed by atoms with Crippen LogP contribution in [0.4, 0.5) is 11.4 Å². The second-order valence-electron chi connectivity index (χ2n) is 9.41. The topological polar surface area (TPSA) is 123 Å². The Hall–Kier alpha value is -3.29. The molecule has 2 fully saturated rings. The van der Waals surface area contributed by atoms with E-state index in [1.165, 1.54) is 51.9 Å². The molecule has 0 N–H and O–H groups in total. The largest absolute Gasteiger partial charge is 0.341 e. The number of amides is 3. The van der Waals surface area contributed by atoms with Crippen LogP contribution in [0.25, 0.3) is 0 Å². The lowest BCUT2D eigenvalue weighted by Crippen LogP contribution is -2.39. The molecule has 1 aromatic carbocycles. The van der Waals surface area contributed by atoms with Crippen LogP contribution < -0.4 is 9.77 Å². The predicted octanol–water partition coefficient (Wildman–Crippen LogP) is 3.69. The number of hydrogen-bond donors (Lipinski definition) is 0. The molecule has 5 heterocycles. The highest BCUT2D eigenvalue weighted by Crippen LogP contribution is 2.54. The molecular weight excluding hydrogens is 548 g/mol. The van der Waals surface area contributed by atoms with Gasteiger partial charge in [-0.05, 0) is 42.8 Å². The summed E-state index contributed by atoms with van der Waals surface area (Å²) in [5, 5.41) is 12.7. The van der Waals surface area contributed by atoms with Crippen LogP contribution in [-0.4, -0.2) is 50.5 Å². The summed E-state index contributed by atoms with van der Waals surface area (Å²) in [6, 6.07) is 9.10. The highest BCUT2D eigenvalue weighted by Gasteiger charge is 2.57. The van der Waals surface area contributed by atoms with Crippen LogP contribution in [0, 0.1) is 16.0 Å². The number of nitro benzene ring substituents is 1. The van der Waals surface area contributed by atoms with Gasteiger partial charge in [-0.25, -0.2) is 4.90 Å².